The molecule has 2 heterocycles. The molecule has 0 N–H and O–H groups in total. The molecule has 0 unspecified atom stereocenters. The normalized spacial score (nSPS) is 25.7. The molecule has 2 aromatic rings. The molecule has 1 aliphatic carbocycles. The highest BCUT2D eigenvalue weighted by molar-refractivity contribution is 6.31. The summed E-state index contributed by atoms with van der Waals surface area (Å²) in [4.78, 5) is 34.3. The van der Waals surface area contributed by atoms with Crippen molar-refractivity contribution in [1.29, 1.82) is 0 Å². The highest BCUT2D eigenvalue weighted by Gasteiger charge is 2.66. The van der Waals surface area contributed by atoms with Gasteiger partial charge >= 0.3 is 0 Å². The Morgan fingerprint density at radius 1 is 0.793 bits per heavy atom. The Morgan fingerprint density at radius 2 is 1.34 bits per heavy atom. The highest BCUT2D eigenvalue weighted by atomic mass is 35.5. The molecule has 3 aliphatic rings. The van der Waals surface area contributed by atoms with E-state index < -0.39 is 17.6 Å². The topological polar surface area (TPSA) is 49.9 Å². The number of halogens is 2. The van der Waals surface area contributed by atoms with Crippen LogP contribution < -0.4 is 9.96 Å². The number of amides is 2. The second-order valence-electron chi connectivity index (χ2n) is 7.93. The van der Waals surface area contributed by atoms with E-state index in [-0.39, 0.29) is 11.8 Å². The molecule has 2 amide bonds. The first-order chi connectivity index (χ1) is 14.0. The maximum Gasteiger partial charge on any atom is 0.266 e. The summed E-state index contributed by atoms with van der Waals surface area (Å²) in [6.07, 6.45) is 3.93. The second kappa shape index (κ2) is 7.01. The lowest BCUT2D eigenvalue weighted by Crippen LogP contribution is -2.53. The van der Waals surface area contributed by atoms with Crippen LogP contribution in [0.5, 0.6) is 0 Å². The van der Waals surface area contributed by atoms with Crippen molar-refractivity contribution < 1.29 is 14.4 Å². The van der Waals surface area contributed by atoms with Crippen LogP contribution in [0.2, 0.25) is 10.0 Å². The average Bonchev–Trinajstić information content (AvgIpc) is 3.17. The Hall–Kier alpha value is -2.08. The zero-order valence-electron chi connectivity index (χ0n) is 15.7. The van der Waals surface area contributed by atoms with Crippen LogP contribution in [0.25, 0.3) is 0 Å². The first-order valence-corrected chi connectivity index (χ1v) is 10.6. The van der Waals surface area contributed by atoms with Crippen LogP contribution in [0.1, 0.15) is 32.1 Å². The van der Waals surface area contributed by atoms with Gasteiger partial charge in [-0.05, 0) is 61.4 Å². The van der Waals surface area contributed by atoms with Crippen molar-refractivity contribution in [3.05, 3.63) is 58.6 Å². The van der Waals surface area contributed by atoms with Crippen molar-refractivity contribution in [2.45, 2.75) is 43.7 Å². The van der Waals surface area contributed by atoms with Crippen molar-refractivity contribution in [2.24, 2.45) is 5.92 Å². The predicted molar refractivity (Wildman–Crippen MR) is 112 cm³/mol. The van der Waals surface area contributed by atoms with Gasteiger partial charge in [-0.1, -0.05) is 42.5 Å². The van der Waals surface area contributed by atoms with Gasteiger partial charge in [0.1, 0.15) is 5.92 Å². The lowest BCUT2D eigenvalue weighted by Gasteiger charge is -2.43. The van der Waals surface area contributed by atoms with Crippen LogP contribution in [-0.2, 0) is 14.4 Å². The number of nitrogens with zero attached hydrogens (tertiary/aromatic N) is 2. The van der Waals surface area contributed by atoms with Crippen molar-refractivity contribution in [1.82, 2.24) is 0 Å². The molecule has 150 valence electrons. The molecule has 3 fully saturated rings. The summed E-state index contributed by atoms with van der Waals surface area (Å²) < 4.78 is 0. The number of hydrogen-bond donors (Lipinski definition) is 0. The van der Waals surface area contributed by atoms with E-state index in [1.165, 1.54) is 4.90 Å². The third kappa shape index (κ3) is 2.87. The van der Waals surface area contributed by atoms with Gasteiger partial charge in [0.05, 0.1) is 16.9 Å². The quantitative estimate of drug-likeness (QED) is 0.628. The summed E-state index contributed by atoms with van der Waals surface area (Å²) in [6, 6.07) is 14.1. The molecular weight excluding hydrogens is 411 g/mol. The first kappa shape index (κ1) is 18.9. The lowest BCUT2D eigenvalue weighted by atomic mass is 9.71. The minimum Gasteiger partial charge on any atom is -0.273 e. The zero-order chi connectivity index (χ0) is 20.2. The monoisotopic (exact) mass is 430 g/mol. The molecule has 7 heteroatoms. The van der Waals surface area contributed by atoms with Gasteiger partial charge in [0.2, 0.25) is 5.91 Å². The van der Waals surface area contributed by atoms with Crippen LogP contribution in [0, 0.1) is 5.92 Å². The summed E-state index contributed by atoms with van der Waals surface area (Å²) in [6.45, 7) is 0. The van der Waals surface area contributed by atoms with Crippen LogP contribution in [0.3, 0.4) is 0 Å². The third-order valence-corrected chi connectivity index (χ3v) is 6.82. The van der Waals surface area contributed by atoms with Crippen LogP contribution in [0.4, 0.5) is 11.4 Å². The minimum absolute atomic E-state index is 0.194. The van der Waals surface area contributed by atoms with Crippen LogP contribution in [-0.4, -0.2) is 23.5 Å². The van der Waals surface area contributed by atoms with Crippen molar-refractivity contribution >= 4 is 46.4 Å². The van der Waals surface area contributed by atoms with Gasteiger partial charge in [0.15, 0.2) is 6.10 Å². The summed E-state index contributed by atoms with van der Waals surface area (Å²) >= 11 is 12.0. The Bertz CT molecular complexity index is 955. The molecule has 0 radical (unpaired) electrons. The standard InChI is InChI=1S/C22H20Cl2N2O3/c23-14-4-8-16(9-5-14)25-20(27)18-19(21(25)28)29-26(17-10-6-15(24)7-11-17)22(18)12-2-1-3-13-22/h4-11,18-19H,1-3,12-13H2/t18-,19+/m0/s1. The van der Waals surface area contributed by atoms with Gasteiger partial charge in [-0.2, -0.15) is 0 Å². The minimum atomic E-state index is -0.813. The number of carbonyl (C=O) groups excluding carboxylic acids is 2. The number of rotatable bonds is 2. The van der Waals surface area contributed by atoms with E-state index in [1.54, 1.807) is 36.4 Å². The number of anilines is 2. The number of fused-ring (bicyclic) bond motifs is 2. The highest BCUT2D eigenvalue weighted by Crippen LogP contribution is 2.52. The lowest BCUT2D eigenvalue weighted by molar-refractivity contribution is -0.126. The Balaban J connectivity index is 1.56. The number of hydroxylamine groups is 1. The van der Waals surface area contributed by atoms with E-state index >= 15 is 0 Å². The van der Waals surface area contributed by atoms with Gasteiger partial charge in [0.25, 0.3) is 5.91 Å². The molecular formula is C22H20Cl2N2O3. The van der Waals surface area contributed by atoms with Gasteiger partial charge in [0, 0.05) is 10.0 Å². The smallest absolute Gasteiger partial charge is 0.266 e. The van der Waals surface area contributed by atoms with Crippen LogP contribution >= 0.6 is 23.2 Å². The Morgan fingerprint density at radius 3 is 1.93 bits per heavy atom. The van der Waals surface area contributed by atoms with Crippen molar-refractivity contribution in [2.75, 3.05) is 9.96 Å². The largest absolute Gasteiger partial charge is 0.273 e. The number of benzene rings is 2. The predicted octanol–water partition coefficient (Wildman–Crippen LogP) is 5.01. The molecule has 5 rings (SSSR count). The molecule has 29 heavy (non-hydrogen) atoms. The molecule has 0 aromatic heterocycles. The van der Waals surface area contributed by atoms with E-state index in [1.807, 2.05) is 17.2 Å². The Kier molecular flexibility index (Phi) is 4.57. The van der Waals surface area contributed by atoms with Gasteiger partial charge in [-0.3, -0.25) is 14.4 Å². The number of imide groups is 1. The molecule has 0 bridgehead atoms. The fraction of sp³-hybridized carbons (Fsp3) is 0.364. The molecule has 2 atom stereocenters. The van der Waals surface area contributed by atoms with Crippen molar-refractivity contribution in [3.8, 4) is 0 Å². The van der Waals surface area contributed by atoms with Gasteiger partial charge in [-0.25, -0.2) is 9.96 Å². The second-order valence-corrected chi connectivity index (χ2v) is 8.80. The number of carbonyl (C=O) groups is 2. The molecule has 2 saturated heterocycles. The van der Waals surface area contributed by atoms with Gasteiger partial charge < -0.3 is 0 Å². The first-order valence-electron chi connectivity index (χ1n) is 9.87. The van der Waals surface area contributed by atoms with E-state index in [0.717, 1.165) is 37.8 Å². The summed E-state index contributed by atoms with van der Waals surface area (Å²) in [5.41, 5.74) is 0.834. The molecule has 5 nitrogen and oxygen atoms in total. The fourth-order valence-electron chi connectivity index (χ4n) is 5.03. The van der Waals surface area contributed by atoms with E-state index in [9.17, 15) is 9.59 Å². The molecule has 1 spiro atoms. The van der Waals surface area contributed by atoms with Crippen molar-refractivity contribution in [3.63, 3.8) is 0 Å². The molecule has 1 saturated carbocycles. The molecule has 2 aliphatic heterocycles. The Labute approximate surface area is 179 Å². The number of hydrogen-bond acceptors (Lipinski definition) is 4. The SMILES string of the molecule is O=C1[C@@H]2[C@@H](ON(c3ccc(Cl)cc3)C23CCCCC3)C(=O)N1c1ccc(Cl)cc1. The zero-order valence-corrected chi connectivity index (χ0v) is 17.2. The summed E-state index contributed by atoms with van der Waals surface area (Å²) in [7, 11) is 0. The van der Waals surface area contributed by atoms with E-state index in [0.29, 0.717) is 15.7 Å². The van der Waals surface area contributed by atoms with Gasteiger partial charge in [-0.15, -0.1) is 0 Å². The average molecular weight is 431 g/mol. The third-order valence-electron chi connectivity index (χ3n) is 6.32. The van der Waals surface area contributed by atoms with E-state index in [2.05, 4.69) is 0 Å². The maximum absolute atomic E-state index is 13.5. The summed E-state index contributed by atoms with van der Waals surface area (Å²) in [5, 5.41) is 3.01. The summed E-state index contributed by atoms with van der Waals surface area (Å²) in [5.74, 6) is -1.04. The maximum atomic E-state index is 13.5. The van der Waals surface area contributed by atoms with Crippen LogP contribution in [0.15, 0.2) is 48.5 Å². The fourth-order valence-corrected chi connectivity index (χ4v) is 5.28. The molecule has 2 aromatic carbocycles. The van der Waals surface area contributed by atoms with E-state index in [4.69, 9.17) is 28.0 Å².